The Hall–Kier alpha value is -0.980. The molecule has 1 fully saturated rings. The molecule has 0 spiro atoms. The second-order valence-corrected chi connectivity index (χ2v) is 6.01. The fraction of sp³-hybridized carbons (Fsp3) is 0.846. The van der Waals surface area contributed by atoms with Crippen LogP contribution >= 0.6 is 0 Å². The van der Waals surface area contributed by atoms with Crippen molar-refractivity contribution in [1.82, 2.24) is 15.5 Å². The first-order valence-electron chi connectivity index (χ1n) is 6.58. The zero-order chi connectivity index (χ0) is 14.0. The van der Waals surface area contributed by atoms with Gasteiger partial charge in [0.2, 0.25) is 11.7 Å². The van der Waals surface area contributed by atoms with Gasteiger partial charge in [-0.2, -0.15) is 4.98 Å². The van der Waals surface area contributed by atoms with Crippen LogP contribution in [0.5, 0.6) is 0 Å². The van der Waals surface area contributed by atoms with Crippen LogP contribution in [0.3, 0.4) is 0 Å². The molecule has 1 N–H and O–H groups in total. The SMILES string of the molecule is CNC1COCC1c1nc(C(OC)C(C)(C)C)no1. The van der Waals surface area contributed by atoms with Crippen LogP contribution in [-0.4, -0.2) is 43.6 Å². The van der Waals surface area contributed by atoms with Gasteiger partial charge in [-0.3, -0.25) is 0 Å². The molecular formula is C13H23N3O3. The van der Waals surface area contributed by atoms with E-state index in [4.69, 9.17) is 14.0 Å². The molecule has 0 bridgehead atoms. The molecule has 2 heterocycles. The van der Waals surface area contributed by atoms with Gasteiger partial charge in [0.25, 0.3) is 0 Å². The van der Waals surface area contributed by atoms with Crippen LogP contribution in [0.25, 0.3) is 0 Å². The number of ether oxygens (including phenoxy) is 2. The van der Waals surface area contributed by atoms with Gasteiger partial charge in [0.15, 0.2) is 0 Å². The minimum absolute atomic E-state index is 0.0789. The number of methoxy groups -OCH3 is 1. The molecule has 1 aromatic rings. The van der Waals surface area contributed by atoms with Crippen molar-refractivity contribution in [3.63, 3.8) is 0 Å². The topological polar surface area (TPSA) is 69.4 Å². The molecule has 3 unspecified atom stereocenters. The third kappa shape index (κ3) is 2.96. The Bertz CT molecular complexity index is 414. The van der Waals surface area contributed by atoms with Gasteiger partial charge in [-0.05, 0) is 12.5 Å². The van der Waals surface area contributed by atoms with E-state index in [0.717, 1.165) is 0 Å². The van der Waals surface area contributed by atoms with E-state index in [1.807, 2.05) is 7.05 Å². The highest BCUT2D eigenvalue weighted by atomic mass is 16.5. The summed E-state index contributed by atoms with van der Waals surface area (Å²) in [5.41, 5.74) is -0.0789. The van der Waals surface area contributed by atoms with E-state index in [1.165, 1.54) is 0 Å². The molecule has 2 rings (SSSR count). The van der Waals surface area contributed by atoms with Crippen molar-refractivity contribution in [2.24, 2.45) is 5.41 Å². The van der Waals surface area contributed by atoms with Crippen LogP contribution in [0, 0.1) is 5.41 Å². The maximum absolute atomic E-state index is 5.50. The van der Waals surface area contributed by atoms with Gasteiger partial charge < -0.3 is 19.3 Å². The second kappa shape index (κ2) is 5.56. The molecule has 1 aliphatic rings. The Labute approximate surface area is 113 Å². The summed E-state index contributed by atoms with van der Waals surface area (Å²) >= 11 is 0. The summed E-state index contributed by atoms with van der Waals surface area (Å²) in [6, 6.07) is 0.226. The van der Waals surface area contributed by atoms with Gasteiger partial charge in [-0.25, -0.2) is 0 Å². The molecule has 0 radical (unpaired) electrons. The minimum atomic E-state index is -0.180. The third-order valence-electron chi connectivity index (χ3n) is 3.48. The lowest BCUT2D eigenvalue weighted by molar-refractivity contribution is 0.00718. The first-order chi connectivity index (χ1) is 8.97. The summed E-state index contributed by atoms with van der Waals surface area (Å²) in [5.74, 6) is 1.34. The van der Waals surface area contributed by atoms with Gasteiger partial charge >= 0.3 is 0 Å². The lowest BCUT2D eigenvalue weighted by Gasteiger charge is -2.26. The molecule has 3 atom stereocenters. The van der Waals surface area contributed by atoms with E-state index >= 15 is 0 Å². The van der Waals surface area contributed by atoms with Crippen molar-refractivity contribution in [2.45, 2.75) is 38.8 Å². The Morgan fingerprint density at radius 2 is 2.11 bits per heavy atom. The number of nitrogens with zero attached hydrogens (tertiary/aromatic N) is 2. The maximum Gasteiger partial charge on any atom is 0.233 e. The summed E-state index contributed by atoms with van der Waals surface area (Å²) in [4.78, 5) is 4.51. The molecule has 108 valence electrons. The monoisotopic (exact) mass is 269 g/mol. The Balaban J connectivity index is 2.19. The van der Waals surface area contributed by atoms with Crippen LogP contribution in [0.4, 0.5) is 0 Å². The van der Waals surface area contributed by atoms with E-state index in [1.54, 1.807) is 7.11 Å². The smallest absolute Gasteiger partial charge is 0.233 e. The zero-order valence-corrected chi connectivity index (χ0v) is 12.3. The standard InChI is InChI=1S/C13H23N3O3/c1-13(2,3)10(17-5)11-15-12(19-16-11)8-6-18-7-9(8)14-4/h8-10,14H,6-7H2,1-5H3. The van der Waals surface area contributed by atoms with Gasteiger partial charge in [0.1, 0.15) is 6.10 Å². The minimum Gasteiger partial charge on any atom is -0.379 e. The van der Waals surface area contributed by atoms with E-state index in [2.05, 4.69) is 36.2 Å². The van der Waals surface area contributed by atoms with Gasteiger partial charge in [0.05, 0.1) is 19.1 Å². The predicted molar refractivity (Wildman–Crippen MR) is 69.9 cm³/mol. The Kier molecular flexibility index (Phi) is 4.23. The highest BCUT2D eigenvalue weighted by molar-refractivity contribution is 5.04. The number of rotatable bonds is 4. The largest absolute Gasteiger partial charge is 0.379 e. The third-order valence-corrected chi connectivity index (χ3v) is 3.48. The van der Waals surface area contributed by atoms with Crippen LogP contribution in [0.2, 0.25) is 0 Å². The Morgan fingerprint density at radius 1 is 1.37 bits per heavy atom. The Morgan fingerprint density at radius 3 is 2.68 bits per heavy atom. The first-order valence-corrected chi connectivity index (χ1v) is 6.58. The molecule has 1 saturated heterocycles. The summed E-state index contributed by atoms with van der Waals surface area (Å²) in [6.45, 7) is 7.55. The van der Waals surface area contributed by atoms with Crippen molar-refractivity contribution >= 4 is 0 Å². The second-order valence-electron chi connectivity index (χ2n) is 6.01. The van der Waals surface area contributed by atoms with Crippen molar-refractivity contribution in [1.29, 1.82) is 0 Å². The number of hydrogen-bond acceptors (Lipinski definition) is 6. The predicted octanol–water partition coefficient (Wildman–Crippen LogP) is 1.50. The normalized spacial score (nSPS) is 25.7. The lowest BCUT2D eigenvalue weighted by atomic mass is 9.88. The molecule has 0 amide bonds. The average molecular weight is 269 g/mol. The highest BCUT2D eigenvalue weighted by Crippen LogP contribution is 2.35. The van der Waals surface area contributed by atoms with Crippen LogP contribution in [0.15, 0.2) is 4.52 Å². The summed E-state index contributed by atoms with van der Waals surface area (Å²) in [5, 5.41) is 7.28. The van der Waals surface area contributed by atoms with Crippen molar-refractivity contribution < 1.29 is 14.0 Å². The quantitative estimate of drug-likeness (QED) is 0.893. The van der Waals surface area contributed by atoms with Gasteiger partial charge in [-0.1, -0.05) is 25.9 Å². The number of likely N-dealkylation sites (N-methyl/N-ethyl adjacent to an activating group) is 1. The molecule has 0 aromatic carbocycles. The van der Waals surface area contributed by atoms with E-state index < -0.39 is 0 Å². The molecule has 0 saturated carbocycles. The molecule has 6 heteroatoms. The van der Waals surface area contributed by atoms with E-state index in [0.29, 0.717) is 24.9 Å². The van der Waals surface area contributed by atoms with E-state index in [-0.39, 0.29) is 23.5 Å². The molecule has 0 aliphatic carbocycles. The van der Waals surface area contributed by atoms with Crippen LogP contribution in [0.1, 0.15) is 44.5 Å². The summed E-state index contributed by atoms with van der Waals surface area (Å²) in [6.07, 6.45) is -0.180. The first kappa shape index (κ1) is 14.4. The van der Waals surface area contributed by atoms with Crippen molar-refractivity contribution in [2.75, 3.05) is 27.4 Å². The van der Waals surface area contributed by atoms with Gasteiger partial charge in [-0.15, -0.1) is 0 Å². The van der Waals surface area contributed by atoms with Crippen molar-refractivity contribution in [3.8, 4) is 0 Å². The molecular weight excluding hydrogens is 246 g/mol. The van der Waals surface area contributed by atoms with Crippen LogP contribution in [-0.2, 0) is 9.47 Å². The fourth-order valence-corrected chi connectivity index (χ4v) is 2.43. The lowest BCUT2D eigenvalue weighted by Crippen LogP contribution is -2.31. The molecule has 19 heavy (non-hydrogen) atoms. The molecule has 6 nitrogen and oxygen atoms in total. The average Bonchev–Trinajstić information content (AvgIpc) is 2.94. The fourth-order valence-electron chi connectivity index (χ4n) is 2.43. The van der Waals surface area contributed by atoms with E-state index in [9.17, 15) is 0 Å². The number of hydrogen-bond donors (Lipinski definition) is 1. The molecule has 1 aromatic heterocycles. The van der Waals surface area contributed by atoms with Gasteiger partial charge in [0, 0.05) is 13.2 Å². The highest BCUT2D eigenvalue weighted by Gasteiger charge is 2.36. The summed E-state index contributed by atoms with van der Waals surface area (Å²) in [7, 11) is 3.58. The zero-order valence-electron chi connectivity index (χ0n) is 12.3. The number of nitrogens with one attached hydrogen (secondary N) is 1. The van der Waals surface area contributed by atoms with Crippen molar-refractivity contribution in [3.05, 3.63) is 11.7 Å². The maximum atomic E-state index is 5.50. The van der Waals surface area contributed by atoms with Crippen LogP contribution < -0.4 is 5.32 Å². The summed E-state index contributed by atoms with van der Waals surface area (Å²) < 4.78 is 16.4. The molecule has 1 aliphatic heterocycles. The number of aromatic nitrogens is 2.